The molecule has 0 aromatic heterocycles. The van der Waals surface area contributed by atoms with E-state index in [0.29, 0.717) is 53.5 Å². The first-order valence-corrected chi connectivity index (χ1v) is 9.87. The molecule has 0 spiro atoms. The number of likely N-dealkylation sites (N-methyl/N-ethyl adjacent to an activating group) is 1. The topological polar surface area (TPSA) is 50.8 Å². The highest BCUT2D eigenvalue weighted by atomic mass is 32.2. The molecule has 0 saturated carbocycles. The number of halogens is 2. The summed E-state index contributed by atoms with van der Waals surface area (Å²) in [5, 5.41) is 2.73. The number of fused-ring (bicyclic) bond motifs is 1. The zero-order chi connectivity index (χ0) is 19.9. The van der Waals surface area contributed by atoms with Crippen molar-refractivity contribution in [1.82, 2.24) is 4.90 Å². The molecule has 28 heavy (non-hydrogen) atoms. The molecule has 8 heteroatoms. The maximum atomic E-state index is 12.7. The molecular formula is C20H22F2N2O3S. The van der Waals surface area contributed by atoms with Crippen molar-refractivity contribution >= 4 is 23.4 Å². The van der Waals surface area contributed by atoms with Crippen LogP contribution in [0.25, 0.3) is 0 Å². The van der Waals surface area contributed by atoms with Crippen molar-refractivity contribution in [1.29, 1.82) is 0 Å². The van der Waals surface area contributed by atoms with Crippen LogP contribution < -0.4 is 14.8 Å². The van der Waals surface area contributed by atoms with E-state index in [4.69, 9.17) is 9.47 Å². The van der Waals surface area contributed by atoms with Crippen LogP contribution in [0.5, 0.6) is 11.5 Å². The summed E-state index contributed by atoms with van der Waals surface area (Å²) in [6, 6.07) is 14.0. The maximum Gasteiger partial charge on any atom is 0.288 e. The molecule has 1 atom stereocenters. The van der Waals surface area contributed by atoms with Crippen LogP contribution in [0.2, 0.25) is 0 Å². The van der Waals surface area contributed by atoms with Gasteiger partial charge in [0.2, 0.25) is 5.91 Å². The molecule has 3 rings (SSSR count). The lowest BCUT2D eigenvalue weighted by Crippen LogP contribution is -2.43. The van der Waals surface area contributed by atoms with Gasteiger partial charge in [-0.15, -0.1) is 0 Å². The molecule has 2 aromatic rings. The minimum Gasteiger partial charge on any atom is -0.486 e. The molecule has 1 heterocycles. The van der Waals surface area contributed by atoms with Gasteiger partial charge in [0.15, 0.2) is 11.5 Å². The third kappa shape index (κ3) is 5.59. The summed E-state index contributed by atoms with van der Waals surface area (Å²) in [5.74, 6) is -1.40. The van der Waals surface area contributed by atoms with Crippen molar-refractivity contribution in [2.45, 2.75) is 23.7 Å². The van der Waals surface area contributed by atoms with E-state index in [2.05, 4.69) is 5.32 Å². The summed E-state index contributed by atoms with van der Waals surface area (Å²) in [6.45, 7) is 3.65. The zero-order valence-corrected chi connectivity index (χ0v) is 16.3. The Morgan fingerprint density at radius 3 is 2.68 bits per heavy atom. The number of nitrogens with one attached hydrogen (secondary N) is 1. The fourth-order valence-corrected chi connectivity index (χ4v) is 3.50. The Hall–Kier alpha value is -2.32. The van der Waals surface area contributed by atoms with Crippen molar-refractivity contribution < 1.29 is 23.0 Å². The number of ether oxygens (including phenoxy) is 2. The van der Waals surface area contributed by atoms with Crippen LogP contribution in [0.15, 0.2) is 53.4 Å². The number of amides is 1. The summed E-state index contributed by atoms with van der Waals surface area (Å²) < 4.78 is 37.0. The highest BCUT2D eigenvalue weighted by Gasteiger charge is 2.23. The Bertz CT molecular complexity index is 807. The first-order valence-electron chi connectivity index (χ1n) is 8.99. The average molecular weight is 408 g/mol. The van der Waals surface area contributed by atoms with Crippen LogP contribution in [-0.4, -0.2) is 48.9 Å². The van der Waals surface area contributed by atoms with Crippen molar-refractivity contribution in [3.8, 4) is 11.5 Å². The van der Waals surface area contributed by atoms with Gasteiger partial charge in [-0.2, -0.15) is 8.78 Å². The number of hydrogen-bond donors (Lipinski definition) is 1. The van der Waals surface area contributed by atoms with Gasteiger partial charge >= 0.3 is 0 Å². The molecule has 5 nitrogen and oxygen atoms in total. The Kier molecular flexibility index (Phi) is 7.11. The van der Waals surface area contributed by atoms with E-state index in [1.54, 1.807) is 24.3 Å². The second kappa shape index (κ2) is 9.75. The van der Waals surface area contributed by atoms with Crippen molar-refractivity contribution in [2.75, 3.05) is 31.6 Å². The molecule has 0 bridgehead atoms. The Morgan fingerprint density at radius 2 is 1.93 bits per heavy atom. The lowest BCUT2D eigenvalue weighted by molar-refractivity contribution is -0.117. The number of rotatable bonds is 8. The predicted octanol–water partition coefficient (Wildman–Crippen LogP) is 4.10. The van der Waals surface area contributed by atoms with Gasteiger partial charge < -0.3 is 14.8 Å². The molecule has 150 valence electrons. The normalized spacial score (nSPS) is 15.7. The summed E-state index contributed by atoms with van der Waals surface area (Å²) in [6.07, 6.45) is -0.190. The highest BCUT2D eigenvalue weighted by Crippen LogP contribution is 2.32. The van der Waals surface area contributed by atoms with Gasteiger partial charge in [0.05, 0.1) is 12.2 Å². The SMILES string of the molecule is CCN(CC(=O)Nc1ccccc1SC(F)F)C[C@H]1COc2ccccc2O1. The van der Waals surface area contributed by atoms with Crippen LogP contribution in [-0.2, 0) is 4.79 Å². The van der Waals surface area contributed by atoms with Crippen molar-refractivity contribution in [3.63, 3.8) is 0 Å². The molecule has 0 radical (unpaired) electrons. The maximum absolute atomic E-state index is 12.7. The van der Waals surface area contributed by atoms with Gasteiger partial charge in [-0.05, 0) is 30.8 Å². The Balaban J connectivity index is 1.56. The molecule has 1 aliphatic heterocycles. The van der Waals surface area contributed by atoms with Crippen molar-refractivity contribution in [2.24, 2.45) is 0 Å². The second-order valence-corrected chi connectivity index (χ2v) is 7.28. The minimum absolute atomic E-state index is 0.131. The van der Waals surface area contributed by atoms with Gasteiger partial charge in [-0.1, -0.05) is 43.0 Å². The fourth-order valence-electron chi connectivity index (χ4n) is 2.91. The lowest BCUT2D eigenvalue weighted by atomic mass is 10.2. The molecular weight excluding hydrogens is 386 g/mol. The number of carbonyl (C=O) groups excluding carboxylic acids is 1. The highest BCUT2D eigenvalue weighted by molar-refractivity contribution is 7.99. The average Bonchev–Trinajstić information content (AvgIpc) is 2.68. The number of benzene rings is 2. The molecule has 0 fully saturated rings. The fraction of sp³-hybridized carbons (Fsp3) is 0.350. The third-order valence-electron chi connectivity index (χ3n) is 4.22. The number of para-hydroxylation sites is 3. The summed E-state index contributed by atoms with van der Waals surface area (Å²) in [5.41, 5.74) is 0.389. The van der Waals surface area contributed by atoms with Crippen LogP contribution in [0.3, 0.4) is 0 Å². The lowest BCUT2D eigenvalue weighted by Gasteiger charge is -2.30. The van der Waals surface area contributed by atoms with E-state index in [9.17, 15) is 13.6 Å². The third-order valence-corrected chi connectivity index (χ3v) is 5.01. The van der Waals surface area contributed by atoms with Crippen molar-refractivity contribution in [3.05, 3.63) is 48.5 Å². The minimum atomic E-state index is -2.54. The molecule has 0 saturated heterocycles. The molecule has 0 unspecified atom stereocenters. The molecule has 1 amide bonds. The predicted molar refractivity (Wildman–Crippen MR) is 105 cm³/mol. The van der Waals surface area contributed by atoms with E-state index in [1.165, 1.54) is 0 Å². The molecule has 1 N–H and O–H groups in total. The summed E-state index contributed by atoms with van der Waals surface area (Å²) in [7, 11) is 0. The van der Waals surface area contributed by atoms with E-state index in [-0.39, 0.29) is 18.6 Å². The Labute approximate surface area is 167 Å². The molecule has 2 aromatic carbocycles. The standard InChI is InChI=1S/C20H22F2N2O3S/c1-2-24(11-14-13-26-16-8-4-5-9-17(16)27-14)12-19(25)23-15-7-3-6-10-18(15)28-20(21)22/h3-10,14,20H,2,11-13H2,1H3,(H,23,25)/t14-/m0/s1. The number of thioether (sulfide) groups is 1. The second-order valence-electron chi connectivity index (χ2n) is 6.25. The van der Waals surface area contributed by atoms with Crippen LogP contribution >= 0.6 is 11.8 Å². The van der Waals surface area contributed by atoms with Gasteiger partial charge in [0.1, 0.15) is 12.7 Å². The van der Waals surface area contributed by atoms with Crippen LogP contribution in [0.4, 0.5) is 14.5 Å². The molecule has 1 aliphatic rings. The largest absolute Gasteiger partial charge is 0.486 e. The first kappa shape index (κ1) is 20.4. The summed E-state index contributed by atoms with van der Waals surface area (Å²) >= 11 is 0.415. The number of carbonyl (C=O) groups is 1. The number of hydrogen-bond acceptors (Lipinski definition) is 5. The summed E-state index contributed by atoms with van der Waals surface area (Å²) in [4.78, 5) is 14.7. The number of nitrogens with zero attached hydrogens (tertiary/aromatic N) is 1. The van der Waals surface area contributed by atoms with E-state index < -0.39 is 5.76 Å². The van der Waals surface area contributed by atoms with E-state index >= 15 is 0 Å². The molecule has 0 aliphatic carbocycles. The van der Waals surface area contributed by atoms with E-state index in [0.717, 1.165) is 0 Å². The quantitative estimate of drug-likeness (QED) is 0.667. The zero-order valence-electron chi connectivity index (χ0n) is 15.4. The van der Waals surface area contributed by atoms with Gasteiger partial charge in [0, 0.05) is 11.4 Å². The van der Waals surface area contributed by atoms with E-state index in [1.807, 2.05) is 36.1 Å². The first-order chi connectivity index (χ1) is 13.5. The Morgan fingerprint density at radius 1 is 1.21 bits per heavy atom. The van der Waals surface area contributed by atoms with Crippen LogP contribution in [0, 0.1) is 0 Å². The van der Waals surface area contributed by atoms with Gasteiger partial charge in [-0.25, -0.2) is 0 Å². The monoisotopic (exact) mass is 408 g/mol. The number of anilines is 1. The van der Waals surface area contributed by atoms with Gasteiger partial charge in [0.25, 0.3) is 5.76 Å². The number of alkyl halides is 2. The smallest absolute Gasteiger partial charge is 0.288 e. The van der Waals surface area contributed by atoms with Gasteiger partial charge in [-0.3, -0.25) is 9.69 Å². The van der Waals surface area contributed by atoms with Crippen LogP contribution in [0.1, 0.15) is 6.92 Å².